The van der Waals surface area contributed by atoms with Gasteiger partial charge in [-0.3, -0.25) is 9.10 Å². The van der Waals surface area contributed by atoms with Crippen molar-refractivity contribution in [3.8, 4) is 5.75 Å². The normalized spacial score (nSPS) is 17.6. The van der Waals surface area contributed by atoms with Crippen LogP contribution in [0.1, 0.15) is 24.9 Å². The summed E-state index contributed by atoms with van der Waals surface area (Å²) >= 11 is 5.99. The number of hydrogen-bond donors (Lipinski definition) is 1. The van der Waals surface area contributed by atoms with Crippen LogP contribution in [-0.4, -0.2) is 33.2 Å². The van der Waals surface area contributed by atoms with Gasteiger partial charge in [-0.2, -0.15) is 0 Å². The van der Waals surface area contributed by atoms with Crippen LogP contribution < -0.4 is 14.4 Å². The summed E-state index contributed by atoms with van der Waals surface area (Å²) in [6.45, 7) is 1.86. The van der Waals surface area contributed by atoms with Gasteiger partial charge in [0.25, 0.3) is 5.91 Å². The molecule has 0 spiro atoms. The van der Waals surface area contributed by atoms with E-state index in [1.165, 1.54) is 6.07 Å². The van der Waals surface area contributed by atoms with Crippen molar-refractivity contribution in [2.45, 2.75) is 25.5 Å². The Morgan fingerprint density at radius 1 is 1.30 bits per heavy atom. The van der Waals surface area contributed by atoms with Crippen molar-refractivity contribution < 1.29 is 17.9 Å². The highest BCUT2D eigenvalue weighted by Gasteiger charge is 2.35. The zero-order valence-corrected chi connectivity index (χ0v) is 16.6. The van der Waals surface area contributed by atoms with E-state index >= 15 is 0 Å². The molecule has 2 atom stereocenters. The second-order valence-electron chi connectivity index (χ2n) is 6.39. The molecular weight excluding hydrogens is 388 g/mol. The van der Waals surface area contributed by atoms with E-state index in [0.29, 0.717) is 22.9 Å². The standard InChI is InChI=1S/C19H21ClN2O4S/c1-3-15(13-7-5-4-6-8-13)21-19(23)18-12-22(27(2,24)25)16-11-14(20)9-10-17(16)26-18/h4-11,15,18H,3,12H2,1-2H3,(H,21,23)/t15-,18-/m1/s1. The molecule has 1 N–H and O–H groups in total. The quantitative estimate of drug-likeness (QED) is 0.824. The maximum Gasteiger partial charge on any atom is 0.263 e. The number of halogens is 1. The molecule has 27 heavy (non-hydrogen) atoms. The van der Waals surface area contributed by atoms with E-state index in [0.717, 1.165) is 16.1 Å². The van der Waals surface area contributed by atoms with Crippen LogP contribution in [0, 0.1) is 0 Å². The minimum absolute atomic E-state index is 0.108. The Bertz CT molecular complexity index is 934. The lowest BCUT2D eigenvalue weighted by Crippen LogP contribution is -2.51. The number of rotatable bonds is 5. The molecule has 0 saturated heterocycles. The van der Waals surface area contributed by atoms with Gasteiger partial charge in [0.2, 0.25) is 10.0 Å². The summed E-state index contributed by atoms with van der Waals surface area (Å²) in [7, 11) is -3.59. The predicted octanol–water partition coefficient (Wildman–Crippen LogP) is 3.13. The molecule has 1 amide bonds. The number of nitrogens with zero attached hydrogens (tertiary/aromatic N) is 1. The van der Waals surface area contributed by atoms with Crippen molar-refractivity contribution in [3.05, 3.63) is 59.1 Å². The number of amides is 1. The van der Waals surface area contributed by atoms with Crippen molar-refractivity contribution in [2.75, 3.05) is 17.1 Å². The number of hydrogen-bond acceptors (Lipinski definition) is 4. The third kappa shape index (κ3) is 4.36. The summed E-state index contributed by atoms with van der Waals surface area (Å²) in [6.07, 6.45) is 0.840. The minimum atomic E-state index is -3.59. The number of anilines is 1. The van der Waals surface area contributed by atoms with E-state index in [1.54, 1.807) is 12.1 Å². The van der Waals surface area contributed by atoms with Gasteiger partial charge in [-0.25, -0.2) is 8.42 Å². The average Bonchev–Trinajstić information content (AvgIpc) is 2.64. The molecule has 0 unspecified atom stereocenters. The predicted molar refractivity (Wildman–Crippen MR) is 106 cm³/mol. The average molecular weight is 409 g/mol. The van der Waals surface area contributed by atoms with Gasteiger partial charge in [0.05, 0.1) is 24.5 Å². The Morgan fingerprint density at radius 3 is 2.63 bits per heavy atom. The van der Waals surface area contributed by atoms with E-state index in [4.69, 9.17) is 16.3 Å². The maximum absolute atomic E-state index is 12.8. The number of benzene rings is 2. The molecule has 3 rings (SSSR count). The molecule has 0 aliphatic carbocycles. The Balaban J connectivity index is 1.85. The first kappa shape index (κ1) is 19.5. The lowest BCUT2D eigenvalue weighted by Gasteiger charge is -2.34. The summed E-state index contributed by atoms with van der Waals surface area (Å²) in [5.41, 5.74) is 1.32. The number of sulfonamides is 1. The number of ether oxygens (including phenoxy) is 1. The molecule has 2 aromatic carbocycles. The fraction of sp³-hybridized carbons (Fsp3) is 0.316. The second kappa shape index (κ2) is 7.78. The highest BCUT2D eigenvalue weighted by Crippen LogP contribution is 2.37. The lowest BCUT2D eigenvalue weighted by molar-refractivity contribution is -0.128. The number of carbonyl (C=O) groups is 1. The first-order valence-electron chi connectivity index (χ1n) is 8.59. The molecule has 1 aliphatic heterocycles. The molecule has 0 bridgehead atoms. The van der Waals surface area contributed by atoms with Crippen LogP contribution in [0.5, 0.6) is 5.75 Å². The molecule has 1 aliphatic rings. The summed E-state index contributed by atoms with van der Waals surface area (Å²) in [6, 6.07) is 14.1. The van der Waals surface area contributed by atoms with Gasteiger partial charge in [-0.05, 0) is 30.2 Å². The molecule has 144 valence electrons. The third-order valence-corrected chi connectivity index (χ3v) is 5.79. The van der Waals surface area contributed by atoms with Crippen molar-refractivity contribution in [1.82, 2.24) is 5.32 Å². The van der Waals surface area contributed by atoms with Gasteiger partial charge in [0.1, 0.15) is 5.75 Å². The van der Waals surface area contributed by atoms with Crippen LogP contribution in [0.4, 0.5) is 5.69 Å². The van der Waals surface area contributed by atoms with Gasteiger partial charge in [-0.1, -0.05) is 48.9 Å². The van der Waals surface area contributed by atoms with Crippen LogP contribution in [0.2, 0.25) is 5.02 Å². The van der Waals surface area contributed by atoms with E-state index in [1.807, 2.05) is 37.3 Å². The summed E-state index contributed by atoms with van der Waals surface area (Å²) < 4.78 is 31.4. The summed E-state index contributed by atoms with van der Waals surface area (Å²) in [4.78, 5) is 12.8. The van der Waals surface area contributed by atoms with Crippen LogP contribution in [-0.2, 0) is 14.8 Å². The van der Waals surface area contributed by atoms with Crippen molar-refractivity contribution in [2.24, 2.45) is 0 Å². The highest BCUT2D eigenvalue weighted by atomic mass is 35.5. The van der Waals surface area contributed by atoms with Crippen molar-refractivity contribution in [1.29, 1.82) is 0 Å². The lowest BCUT2D eigenvalue weighted by atomic mass is 10.0. The molecule has 1 heterocycles. The minimum Gasteiger partial charge on any atom is -0.476 e. The monoisotopic (exact) mass is 408 g/mol. The van der Waals surface area contributed by atoms with Gasteiger partial charge in [0.15, 0.2) is 6.10 Å². The van der Waals surface area contributed by atoms with E-state index in [2.05, 4.69) is 5.32 Å². The van der Waals surface area contributed by atoms with Gasteiger partial charge < -0.3 is 10.1 Å². The fourth-order valence-electron chi connectivity index (χ4n) is 3.05. The number of carbonyl (C=O) groups excluding carboxylic acids is 1. The fourth-order valence-corrected chi connectivity index (χ4v) is 4.12. The topological polar surface area (TPSA) is 75.7 Å². The van der Waals surface area contributed by atoms with E-state index < -0.39 is 16.1 Å². The first-order chi connectivity index (χ1) is 12.8. The summed E-state index contributed by atoms with van der Waals surface area (Å²) in [5, 5.41) is 3.35. The molecule has 6 nitrogen and oxygen atoms in total. The molecule has 0 radical (unpaired) electrons. The Morgan fingerprint density at radius 2 is 2.00 bits per heavy atom. The van der Waals surface area contributed by atoms with Crippen LogP contribution in [0.25, 0.3) is 0 Å². The Labute approximate surface area is 164 Å². The first-order valence-corrected chi connectivity index (χ1v) is 10.8. The molecular formula is C19H21ClN2O4S. The molecule has 8 heteroatoms. The smallest absolute Gasteiger partial charge is 0.263 e. The highest BCUT2D eigenvalue weighted by molar-refractivity contribution is 7.92. The van der Waals surface area contributed by atoms with E-state index in [-0.39, 0.29) is 18.5 Å². The zero-order chi connectivity index (χ0) is 19.6. The molecule has 0 saturated carbocycles. The summed E-state index contributed by atoms with van der Waals surface area (Å²) in [5.74, 6) is -0.0519. The van der Waals surface area contributed by atoms with Crippen LogP contribution >= 0.6 is 11.6 Å². The zero-order valence-electron chi connectivity index (χ0n) is 15.1. The van der Waals surface area contributed by atoms with Gasteiger partial charge >= 0.3 is 0 Å². The van der Waals surface area contributed by atoms with Gasteiger partial charge in [-0.15, -0.1) is 0 Å². The molecule has 2 aromatic rings. The third-order valence-electron chi connectivity index (χ3n) is 4.41. The second-order valence-corrected chi connectivity index (χ2v) is 8.74. The molecule has 0 aromatic heterocycles. The Kier molecular flexibility index (Phi) is 5.62. The van der Waals surface area contributed by atoms with Crippen LogP contribution in [0.3, 0.4) is 0 Å². The number of nitrogens with one attached hydrogen (secondary N) is 1. The largest absolute Gasteiger partial charge is 0.476 e. The van der Waals surface area contributed by atoms with Gasteiger partial charge in [0, 0.05) is 5.02 Å². The number of fused-ring (bicyclic) bond motifs is 1. The maximum atomic E-state index is 12.8. The van der Waals surface area contributed by atoms with Crippen molar-refractivity contribution in [3.63, 3.8) is 0 Å². The Hall–Kier alpha value is -2.25. The molecule has 0 fully saturated rings. The van der Waals surface area contributed by atoms with Crippen LogP contribution in [0.15, 0.2) is 48.5 Å². The SMILES string of the molecule is CC[C@@H](NC(=O)[C@H]1CN(S(C)(=O)=O)c2cc(Cl)ccc2O1)c1ccccc1. The van der Waals surface area contributed by atoms with Crippen molar-refractivity contribution >= 4 is 33.2 Å². The van der Waals surface area contributed by atoms with E-state index in [9.17, 15) is 13.2 Å².